The number of carboxylic acid groups (broad SMARTS) is 2. The van der Waals surface area contributed by atoms with Gasteiger partial charge in [-0.05, 0) is 97.1 Å². The molecule has 4 rings (SSSR count). The summed E-state index contributed by atoms with van der Waals surface area (Å²) in [6.07, 6.45) is 7.86. The van der Waals surface area contributed by atoms with Crippen molar-refractivity contribution in [3.8, 4) is 11.5 Å². The van der Waals surface area contributed by atoms with Gasteiger partial charge in [-0.1, -0.05) is 24.3 Å². The summed E-state index contributed by atoms with van der Waals surface area (Å²) in [4.78, 5) is 22.6. The van der Waals surface area contributed by atoms with Crippen LogP contribution < -0.4 is 9.47 Å². The average molecular weight is 576 g/mol. The van der Waals surface area contributed by atoms with Gasteiger partial charge in [-0.15, -0.1) is 0 Å². The van der Waals surface area contributed by atoms with E-state index in [2.05, 4.69) is 0 Å². The molecule has 0 unspecified atom stereocenters. The Kier molecular flexibility index (Phi) is 10.1. The van der Waals surface area contributed by atoms with Crippen molar-refractivity contribution in [2.24, 2.45) is 0 Å². The predicted octanol–water partition coefficient (Wildman–Crippen LogP) is 6.90. The number of benzene rings is 3. The Morgan fingerprint density at radius 1 is 0.833 bits per heavy atom. The number of carboxylic acids is 2. The molecular weight excluding hydrogens is 544 g/mol. The standard InChI is InChI=1S/C33H31F2NO6/c1-22-28(5-4-6-30(37)38)32-29(35)18-11-24(33(32)36(22)21-31(39)40)10-7-23-8-14-26(15-9-23)41-19-2-3-20-42-27-16-12-25(34)13-17-27/h2-3,7-18H,4-6,19-21H2,1H3,(H,37,38)(H,39,40)/b3-2+,10-7+. The highest BCUT2D eigenvalue weighted by molar-refractivity contribution is 5.95. The minimum atomic E-state index is -1.06. The van der Waals surface area contributed by atoms with Crippen molar-refractivity contribution in [1.82, 2.24) is 4.57 Å². The van der Waals surface area contributed by atoms with Crippen molar-refractivity contribution in [3.63, 3.8) is 0 Å². The van der Waals surface area contributed by atoms with Gasteiger partial charge < -0.3 is 24.3 Å². The van der Waals surface area contributed by atoms with Gasteiger partial charge in [0.25, 0.3) is 0 Å². The number of halogens is 2. The highest BCUT2D eigenvalue weighted by Gasteiger charge is 2.21. The van der Waals surface area contributed by atoms with Crippen molar-refractivity contribution >= 4 is 35.0 Å². The van der Waals surface area contributed by atoms with Crippen molar-refractivity contribution in [2.75, 3.05) is 13.2 Å². The van der Waals surface area contributed by atoms with Crippen LogP contribution in [0.2, 0.25) is 0 Å². The van der Waals surface area contributed by atoms with Crippen LogP contribution in [0.3, 0.4) is 0 Å². The number of nitrogens with zero attached hydrogens (tertiary/aromatic N) is 1. The second-order valence-electron chi connectivity index (χ2n) is 9.60. The number of hydrogen-bond acceptors (Lipinski definition) is 4. The summed E-state index contributed by atoms with van der Waals surface area (Å²) in [5, 5.41) is 18.9. The maximum atomic E-state index is 15.1. The minimum Gasteiger partial charge on any atom is -0.490 e. The molecule has 9 heteroatoms. The molecule has 42 heavy (non-hydrogen) atoms. The summed E-state index contributed by atoms with van der Waals surface area (Å²) in [6.45, 7) is 2.06. The van der Waals surface area contributed by atoms with E-state index in [-0.39, 0.29) is 18.8 Å². The number of fused-ring (bicyclic) bond motifs is 1. The van der Waals surface area contributed by atoms with Crippen molar-refractivity contribution < 1.29 is 38.1 Å². The first-order chi connectivity index (χ1) is 20.2. The first-order valence-corrected chi connectivity index (χ1v) is 13.4. The minimum absolute atomic E-state index is 0.0613. The predicted molar refractivity (Wildman–Crippen MR) is 157 cm³/mol. The van der Waals surface area contributed by atoms with Gasteiger partial charge in [-0.25, -0.2) is 8.78 Å². The Bertz CT molecular complexity index is 1600. The van der Waals surface area contributed by atoms with E-state index in [0.29, 0.717) is 65.3 Å². The molecule has 1 aromatic heterocycles. The maximum absolute atomic E-state index is 15.1. The Hall–Kier alpha value is -4.92. The summed E-state index contributed by atoms with van der Waals surface area (Å²) in [7, 11) is 0. The van der Waals surface area contributed by atoms with Crippen LogP contribution in [0.4, 0.5) is 8.78 Å². The highest BCUT2D eigenvalue weighted by atomic mass is 19.1. The molecule has 4 aromatic rings. The third-order valence-electron chi connectivity index (χ3n) is 6.69. The summed E-state index contributed by atoms with van der Waals surface area (Å²) in [5.41, 5.74) is 3.20. The second kappa shape index (κ2) is 14.1. The molecule has 0 aliphatic carbocycles. The number of rotatable bonds is 14. The van der Waals surface area contributed by atoms with Gasteiger partial charge in [-0.2, -0.15) is 0 Å². The van der Waals surface area contributed by atoms with E-state index in [1.807, 2.05) is 42.5 Å². The quantitative estimate of drug-likeness (QED) is 0.125. The van der Waals surface area contributed by atoms with E-state index >= 15 is 4.39 Å². The van der Waals surface area contributed by atoms with E-state index in [0.717, 1.165) is 5.56 Å². The molecule has 218 valence electrons. The van der Waals surface area contributed by atoms with Gasteiger partial charge in [0.1, 0.15) is 42.9 Å². The average Bonchev–Trinajstić information content (AvgIpc) is 3.23. The maximum Gasteiger partial charge on any atom is 0.323 e. The van der Waals surface area contributed by atoms with E-state index < -0.39 is 17.8 Å². The Balaban J connectivity index is 1.44. The topological polar surface area (TPSA) is 98.0 Å². The third-order valence-corrected chi connectivity index (χ3v) is 6.69. The number of ether oxygens (including phenoxy) is 2. The molecule has 0 aliphatic heterocycles. The Labute approximate surface area is 241 Å². The van der Waals surface area contributed by atoms with E-state index in [1.54, 1.807) is 35.8 Å². The molecule has 3 aromatic carbocycles. The monoisotopic (exact) mass is 575 g/mol. The number of carbonyl (C=O) groups is 2. The highest BCUT2D eigenvalue weighted by Crippen LogP contribution is 2.33. The zero-order chi connectivity index (χ0) is 30.1. The fourth-order valence-electron chi connectivity index (χ4n) is 4.68. The van der Waals surface area contributed by atoms with E-state index in [4.69, 9.17) is 14.6 Å². The summed E-state index contributed by atoms with van der Waals surface area (Å²) in [5.74, 6) is -1.55. The van der Waals surface area contributed by atoms with Crippen LogP contribution in [-0.4, -0.2) is 39.9 Å². The van der Waals surface area contributed by atoms with Gasteiger partial charge >= 0.3 is 11.9 Å². The first-order valence-electron chi connectivity index (χ1n) is 13.4. The third kappa shape index (κ3) is 7.84. The van der Waals surface area contributed by atoms with Crippen molar-refractivity contribution in [3.05, 3.63) is 107 Å². The van der Waals surface area contributed by atoms with E-state index in [9.17, 15) is 19.1 Å². The van der Waals surface area contributed by atoms with Crippen LogP contribution >= 0.6 is 0 Å². The molecule has 0 radical (unpaired) electrons. The molecular formula is C33H31F2NO6. The first kappa shape index (κ1) is 30.0. The van der Waals surface area contributed by atoms with Crippen LogP contribution in [0.15, 0.2) is 72.8 Å². The molecule has 1 heterocycles. The fraction of sp³-hybridized carbons (Fsp3) is 0.212. The number of aromatic nitrogens is 1. The molecule has 0 saturated heterocycles. The second-order valence-corrected chi connectivity index (χ2v) is 9.60. The lowest BCUT2D eigenvalue weighted by Gasteiger charge is -2.08. The number of aryl methyl sites for hydroxylation is 1. The SMILES string of the molecule is Cc1c(CCCC(=O)O)c2c(F)ccc(/C=C/c3ccc(OC/C=C/COc4ccc(F)cc4)cc3)c2n1CC(=O)O. The smallest absolute Gasteiger partial charge is 0.323 e. The van der Waals surface area contributed by atoms with E-state index in [1.165, 1.54) is 18.2 Å². The lowest BCUT2D eigenvalue weighted by atomic mass is 10.0. The van der Waals surface area contributed by atoms with Gasteiger partial charge in [0.2, 0.25) is 0 Å². The molecule has 0 amide bonds. The number of hydrogen-bond donors (Lipinski definition) is 2. The molecule has 0 spiro atoms. The zero-order valence-corrected chi connectivity index (χ0v) is 23.1. The molecule has 0 fully saturated rings. The number of aliphatic carboxylic acids is 2. The van der Waals surface area contributed by atoms with Gasteiger partial charge in [-0.3, -0.25) is 9.59 Å². The lowest BCUT2D eigenvalue weighted by Crippen LogP contribution is -2.10. The van der Waals surface area contributed by atoms with Crippen LogP contribution in [-0.2, 0) is 22.6 Å². The molecule has 2 N–H and O–H groups in total. The Morgan fingerprint density at radius 2 is 1.45 bits per heavy atom. The van der Waals surface area contributed by atoms with Crippen LogP contribution in [0.5, 0.6) is 11.5 Å². The largest absolute Gasteiger partial charge is 0.490 e. The van der Waals surface area contributed by atoms with Gasteiger partial charge in [0.15, 0.2) is 0 Å². The Morgan fingerprint density at radius 3 is 2.05 bits per heavy atom. The molecule has 0 saturated carbocycles. The molecule has 0 atom stereocenters. The molecule has 0 aliphatic rings. The summed E-state index contributed by atoms with van der Waals surface area (Å²) < 4.78 is 40.8. The van der Waals surface area contributed by atoms with Crippen molar-refractivity contribution in [1.29, 1.82) is 0 Å². The normalized spacial score (nSPS) is 11.5. The molecule has 7 nitrogen and oxygen atoms in total. The summed E-state index contributed by atoms with van der Waals surface area (Å²) in [6, 6.07) is 16.1. The van der Waals surface area contributed by atoms with Crippen LogP contribution in [0, 0.1) is 18.6 Å². The van der Waals surface area contributed by atoms with Crippen LogP contribution in [0.25, 0.3) is 23.1 Å². The summed E-state index contributed by atoms with van der Waals surface area (Å²) >= 11 is 0. The molecule has 0 bridgehead atoms. The lowest BCUT2D eigenvalue weighted by molar-refractivity contribution is -0.138. The van der Waals surface area contributed by atoms with Crippen LogP contribution in [0.1, 0.15) is 35.2 Å². The fourth-order valence-corrected chi connectivity index (χ4v) is 4.68. The zero-order valence-electron chi connectivity index (χ0n) is 23.1. The van der Waals surface area contributed by atoms with Crippen molar-refractivity contribution in [2.45, 2.75) is 32.7 Å². The van der Waals surface area contributed by atoms with Gasteiger partial charge in [0, 0.05) is 17.5 Å². The van der Waals surface area contributed by atoms with Gasteiger partial charge in [0.05, 0.1) is 5.52 Å².